The van der Waals surface area contributed by atoms with Gasteiger partial charge in [-0.05, 0) is 30.9 Å². The molecule has 4 rings (SSSR count). The number of aromatic amines is 1. The van der Waals surface area contributed by atoms with Gasteiger partial charge in [0.05, 0.1) is 0 Å². The maximum absolute atomic E-state index is 12.5. The number of likely N-dealkylation sites (tertiary alicyclic amines) is 1. The van der Waals surface area contributed by atoms with E-state index in [1.807, 2.05) is 18.3 Å². The van der Waals surface area contributed by atoms with E-state index in [0.29, 0.717) is 6.54 Å². The van der Waals surface area contributed by atoms with Gasteiger partial charge in [0.1, 0.15) is 6.23 Å². The zero-order valence-corrected chi connectivity index (χ0v) is 12.4. The van der Waals surface area contributed by atoms with Crippen LogP contribution in [0.3, 0.4) is 0 Å². The Morgan fingerprint density at radius 3 is 2.91 bits per heavy atom. The molecule has 1 aliphatic carbocycles. The predicted octanol–water partition coefficient (Wildman–Crippen LogP) is 2.45. The van der Waals surface area contributed by atoms with Gasteiger partial charge in [0.25, 0.3) is 0 Å². The summed E-state index contributed by atoms with van der Waals surface area (Å²) < 4.78 is 0. The van der Waals surface area contributed by atoms with Crippen molar-refractivity contribution in [1.82, 2.24) is 9.88 Å². The number of nitrogens with zero attached hydrogens (tertiary/aromatic N) is 1. The van der Waals surface area contributed by atoms with Crippen LogP contribution in [0.4, 0.5) is 0 Å². The minimum Gasteiger partial charge on any atom is -0.373 e. The number of H-pyrrole nitrogens is 1. The third-order valence-corrected chi connectivity index (χ3v) is 5.08. The van der Waals surface area contributed by atoms with E-state index in [9.17, 15) is 9.90 Å². The summed E-state index contributed by atoms with van der Waals surface area (Å²) in [5, 5.41) is 11.7. The molecule has 1 saturated heterocycles. The van der Waals surface area contributed by atoms with E-state index in [1.54, 1.807) is 4.90 Å². The van der Waals surface area contributed by atoms with E-state index < -0.39 is 6.23 Å². The van der Waals surface area contributed by atoms with Crippen molar-refractivity contribution in [2.75, 3.05) is 6.54 Å². The fourth-order valence-electron chi connectivity index (χ4n) is 3.85. The number of aromatic nitrogens is 1. The highest BCUT2D eigenvalue weighted by atomic mass is 16.3. The zero-order valence-electron chi connectivity index (χ0n) is 12.4. The second-order valence-corrected chi connectivity index (χ2v) is 6.27. The molecule has 2 aliphatic rings. The molecule has 4 nitrogen and oxygen atoms in total. The number of carbonyl (C=O) groups excluding carboxylic acids is 1. The molecule has 2 heterocycles. The van der Waals surface area contributed by atoms with E-state index in [-0.39, 0.29) is 17.7 Å². The fraction of sp³-hybridized carbons (Fsp3) is 0.389. The van der Waals surface area contributed by atoms with Gasteiger partial charge < -0.3 is 15.0 Å². The average Bonchev–Trinajstić information content (AvgIpc) is 3.07. The van der Waals surface area contributed by atoms with Gasteiger partial charge in [0.2, 0.25) is 5.91 Å². The molecule has 1 fully saturated rings. The van der Waals surface area contributed by atoms with Crippen molar-refractivity contribution in [1.29, 1.82) is 0 Å². The summed E-state index contributed by atoms with van der Waals surface area (Å²) in [6.45, 7) is 0.578. The highest BCUT2D eigenvalue weighted by molar-refractivity contribution is 5.84. The van der Waals surface area contributed by atoms with E-state index >= 15 is 0 Å². The average molecular weight is 296 g/mol. The number of hydrogen-bond acceptors (Lipinski definition) is 2. The number of aliphatic hydroxyl groups excluding tert-OH is 1. The first kappa shape index (κ1) is 13.6. The number of rotatable bonds is 3. The number of aliphatic hydroxyl groups is 1. The maximum atomic E-state index is 12.5. The Bertz CT molecular complexity index is 734. The summed E-state index contributed by atoms with van der Waals surface area (Å²) in [4.78, 5) is 17.4. The lowest BCUT2D eigenvalue weighted by molar-refractivity contribution is -0.135. The first-order chi connectivity index (χ1) is 10.8. The molecule has 1 amide bonds. The van der Waals surface area contributed by atoms with Crippen molar-refractivity contribution in [3.63, 3.8) is 0 Å². The second-order valence-electron chi connectivity index (χ2n) is 6.27. The predicted molar refractivity (Wildman–Crippen MR) is 85.1 cm³/mol. The number of nitrogens with one attached hydrogen (secondary N) is 1. The number of para-hydroxylation sites is 1. The highest BCUT2D eigenvalue weighted by Gasteiger charge is 2.46. The van der Waals surface area contributed by atoms with Crippen LogP contribution >= 0.6 is 0 Å². The number of carbonyl (C=O) groups is 1. The molecular formula is C18H20N2O2. The molecule has 3 atom stereocenters. The highest BCUT2D eigenvalue weighted by Crippen LogP contribution is 2.37. The fourth-order valence-corrected chi connectivity index (χ4v) is 3.85. The lowest BCUT2D eigenvalue weighted by atomic mass is 9.85. The van der Waals surface area contributed by atoms with Crippen LogP contribution in [0.15, 0.2) is 42.6 Å². The van der Waals surface area contributed by atoms with E-state index in [0.717, 1.165) is 24.8 Å². The van der Waals surface area contributed by atoms with E-state index in [1.165, 1.54) is 10.9 Å². The Balaban J connectivity index is 1.51. The minimum absolute atomic E-state index is 0.0250. The second kappa shape index (κ2) is 5.29. The van der Waals surface area contributed by atoms with Gasteiger partial charge in [0, 0.05) is 35.5 Å². The monoisotopic (exact) mass is 296 g/mol. The van der Waals surface area contributed by atoms with Crippen LogP contribution in [0.5, 0.6) is 0 Å². The van der Waals surface area contributed by atoms with Crippen molar-refractivity contribution in [3.8, 4) is 0 Å². The Hall–Kier alpha value is -2.07. The van der Waals surface area contributed by atoms with Crippen LogP contribution in [-0.2, 0) is 11.2 Å². The molecule has 1 aromatic heterocycles. The SMILES string of the molecule is O=C1C2CC=CCC2C(O)N1CCc1c[nH]c2ccccc12. The Labute approximate surface area is 129 Å². The normalized spacial score (nSPS) is 27.6. The van der Waals surface area contributed by atoms with Crippen LogP contribution < -0.4 is 0 Å². The third kappa shape index (κ3) is 2.06. The molecule has 4 heteroatoms. The lowest BCUT2D eigenvalue weighted by Gasteiger charge is -2.23. The summed E-state index contributed by atoms with van der Waals surface area (Å²) in [6, 6.07) is 8.17. The van der Waals surface area contributed by atoms with Crippen LogP contribution in [0.25, 0.3) is 10.9 Å². The van der Waals surface area contributed by atoms with Gasteiger partial charge in [-0.25, -0.2) is 0 Å². The van der Waals surface area contributed by atoms with E-state index in [4.69, 9.17) is 0 Å². The zero-order chi connectivity index (χ0) is 15.1. The van der Waals surface area contributed by atoms with E-state index in [2.05, 4.69) is 29.3 Å². The molecular weight excluding hydrogens is 276 g/mol. The molecule has 0 bridgehead atoms. The van der Waals surface area contributed by atoms with Gasteiger partial charge >= 0.3 is 0 Å². The summed E-state index contributed by atoms with van der Waals surface area (Å²) in [5.74, 6) is 0.158. The van der Waals surface area contributed by atoms with Crippen molar-refractivity contribution in [2.24, 2.45) is 11.8 Å². The molecule has 0 saturated carbocycles. The Morgan fingerprint density at radius 1 is 1.23 bits per heavy atom. The van der Waals surface area contributed by atoms with Crippen LogP contribution in [0.2, 0.25) is 0 Å². The summed E-state index contributed by atoms with van der Waals surface area (Å²) in [6.07, 6.45) is 7.86. The summed E-state index contributed by atoms with van der Waals surface area (Å²) in [7, 11) is 0. The molecule has 2 N–H and O–H groups in total. The smallest absolute Gasteiger partial charge is 0.228 e. The van der Waals surface area contributed by atoms with Crippen LogP contribution in [0.1, 0.15) is 18.4 Å². The van der Waals surface area contributed by atoms with Crippen LogP contribution in [-0.4, -0.2) is 33.7 Å². The number of hydrogen-bond donors (Lipinski definition) is 2. The molecule has 1 aromatic carbocycles. The molecule has 0 spiro atoms. The Morgan fingerprint density at radius 2 is 2.05 bits per heavy atom. The first-order valence-corrected chi connectivity index (χ1v) is 7.94. The van der Waals surface area contributed by atoms with Crippen molar-refractivity contribution in [2.45, 2.75) is 25.5 Å². The number of benzene rings is 1. The summed E-state index contributed by atoms with van der Waals surface area (Å²) >= 11 is 0. The van der Waals surface area contributed by atoms with Crippen molar-refractivity contribution in [3.05, 3.63) is 48.2 Å². The molecule has 114 valence electrons. The van der Waals surface area contributed by atoms with Gasteiger partial charge in [-0.1, -0.05) is 30.4 Å². The maximum Gasteiger partial charge on any atom is 0.228 e. The van der Waals surface area contributed by atoms with Gasteiger partial charge in [-0.2, -0.15) is 0 Å². The van der Waals surface area contributed by atoms with Gasteiger partial charge in [0.15, 0.2) is 0 Å². The molecule has 2 aromatic rings. The molecule has 3 unspecified atom stereocenters. The molecule has 0 radical (unpaired) electrons. The minimum atomic E-state index is -0.632. The topological polar surface area (TPSA) is 56.3 Å². The quantitative estimate of drug-likeness (QED) is 0.855. The summed E-state index contributed by atoms with van der Waals surface area (Å²) in [5.41, 5.74) is 2.31. The lowest BCUT2D eigenvalue weighted by Crippen LogP contribution is -2.36. The number of allylic oxidation sites excluding steroid dienone is 2. The number of fused-ring (bicyclic) bond motifs is 2. The standard InChI is InChI=1S/C18H20N2O2/c21-17-14-6-1-2-7-15(14)18(22)20(17)10-9-12-11-19-16-8-4-3-5-13(12)16/h1-5,8,11,14-15,17,19,21H,6-7,9-10H2. The Kier molecular flexibility index (Phi) is 3.26. The van der Waals surface area contributed by atoms with Gasteiger partial charge in [-0.3, -0.25) is 4.79 Å². The van der Waals surface area contributed by atoms with Crippen LogP contribution in [0, 0.1) is 11.8 Å². The molecule has 22 heavy (non-hydrogen) atoms. The van der Waals surface area contributed by atoms with Gasteiger partial charge in [-0.15, -0.1) is 0 Å². The number of amides is 1. The van der Waals surface area contributed by atoms with Crippen molar-refractivity contribution < 1.29 is 9.90 Å². The first-order valence-electron chi connectivity index (χ1n) is 7.94. The molecule has 1 aliphatic heterocycles. The largest absolute Gasteiger partial charge is 0.373 e. The van der Waals surface area contributed by atoms with Crippen molar-refractivity contribution >= 4 is 16.8 Å². The third-order valence-electron chi connectivity index (χ3n) is 5.08.